The lowest BCUT2D eigenvalue weighted by Crippen LogP contribution is -2.32. The minimum Gasteiger partial charge on any atom is -0.508 e. The lowest BCUT2D eigenvalue weighted by Gasteiger charge is -2.15. The van der Waals surface area contributed by atoms with Gasteiger partial charge in [-0.2, -0.15) is 0 Å². The summed E-state index contributed by atoms with van der Waals surface area (Å²) in [4.78, 5) is 29.2. The summed E-state index contributed by atoms with van der Waals surface area (Å²) in [6, 6.07) is 1.24. The molecule has 0 unspecified atom stereocenters. The molecule has 1 N–H and O–H groups in total. The number of imide groups is 1. The predicted molar refractivity (Wildman–Crippen MR) is 64.6 cm³/mol. The van der Waals surface area contributed by atoms with E-state index >= 15 is 0 Å². The Morgan fingerprint density at radius 1 is 1.33 bits per heavy atom. The Hall–Kier alpha value is -1.59. The Balaban J connectivity index is 2.56. The average Bonchev–Trinajstić information content (AvgIpc) is 2.51. The highest BCUT2D eigenvalue weighted by Crippen LogP contribution is 2.36. The molecule has 18 heavy (non-hydrogen) atoms. The van der Waals surface area contributed by atoms with Crippen molar-refractivity contribution in [2.24, 2.45) is 0 Å². The first kappa shape index (κ1) is 12.9. The summed E-state index contributed by atoms with van der Waals surface area (Å²) < 4.78 is 0. The third kappa shape index (κ3) is 1.76. The molecule has 0 fully saturated rings. The molecule has 0 saturated heterocycles. The lowest BCUT2D eigenvalue weighted by atomic mass is 10.1. The van der Waals surface area contributed by atoms with Gasteiger partial charge in [0.2, 0.25) is 0 Å². The van der Waals surface area contributed by atoms with Crippen LogP contribution in [-0.2, 0) is 4.84 Å². The first-order valence-corrected chi connectivity index (χ1v) is 5.80. The van der Waals surface area contributed by atoms with Crippen LogP contribution in [0.4, 0.5) is 0 Å². The van der Waals surface area contributed by atoms with Crippen LogP contribution < -0.4 is 0 Å². The second kappa shape index (κ2) is 4.26. The molecular weight excluding hydrogens is 258 g/mol. The normalized spacial score (nSPS) is 14.6. The SMILES string of the molecule is Cc1c(O)cc2c(c1Cl)C(=O)N(OC(C)C)C2=O. The predicted octanol–water partition coefficient (Wildman–Crippen LogP) is 2.29. The monoisotopic (exact) mass is 269 g/mol. The summed E-state index contributed by atoms with van der Waals surface area (Å²) in [5.41, 5.74) is 0.509. The first-order chi connectivity index (χ1) is 8.34. The minimum atomic E-state index is -0.610. The number of carbonyl (C=O) groups excluding carboxylic acids is 2. The number of phenols is 1. The van der Waals surface area contributed by atoms with Crippen molar-refractivity contribution in [1.29, 1.82) is 0 Å². The van der Waals surface area contributed by atoms with Gasteiger partial charge in [-0.15, -0.1) is 5.06 Å². The van der Waals surface area contributed by atoms with Gasteiger partial charge in [-0.3, -0.25) is 14.4 Å². The topological polar surface area (TPSA) is 66.8 Å². The van der Waals surface area contributed by atoms with E-state index in [9.17, 15) is 14.7 Å². The van der Waals surface area contributed by atoms with E-state index in [2.05, 4.69) is 0 Å². The zero-order valence-corrected chi connectivity index (χ0v) is 10.9. The Morgan fingerprint density at radius 2 is 1.94 bits per heavy atom. The quantitative estimate of drug-likeness (QED) is 0.837. The van der Waals surface area contributed by atoms with Crippen molar-refractivity contribution in [2.45, 2.75) is 26.9 Å². The van der Waals surface area contributed by atoms with Gasteiger partial charge in [0.25, 0.3) is 11.8 Å². The maximum Gasteiger partial charge on any atom is 0.287 e. The Labute approximate surface area is 109 Å². The molecule has 1 aromatic rings. The van der Waals surface area contributed by atoms with E-state index in [0.29, 0.717) is 10.6 Å². The van der Waals surface area contributed by atoms with Crippen LogP contribution in [0.2, 0.25) is 5.02 Å². The summed E-state index contributed by atoms with van der Waals surface area (Å²) in [6.45, 7) is 4.98. The molecule has 0 aliphatic carbocycles. The van der Waals surface area contributed by atoms with Crippen molar-refractivity contribution in [1.82, 2.24) is 5.06 Å². The van der Waals surface area contributed by atoms with E-state index in [1.54, 1.807) is 20.8 Å². The van der Waals surface area contributed by atoms with Crippen LogP contribution in [0.1, 0.15) is 40.1 Å². The molecule has 1 aromatic carbocycles. The highest BCUT2D eigenvalue weighted by Gasteiger charge is 2.40. The molecule has 6 heteroatoms. The zero-order chi connectivity index (χ0) is 13.6. The maximum atomic E-state index is 12.0. The molecule has 1 aliphatic heterocycles. The standard InChI is InChI=1S/C12H12ClNO4/c1-5(2)18-14-11(16)7-4-8(15)6(3)10(13)9(7)12(14)17/h4-5,15H,1-3H3. The minimum absolute atomic E-state index is 0.0637. The van der Waals surface area contributed by atoms with Crippen molar-refractivity contribution in [3.63, 3.8) is 0 Å². The van der Waals surface area contributed by atoms with Crippen LogP contribution in [0.15, 0.2) is 6.07 Å². The highest BCUT2D eigenvalue weighted by atomic mass is 35.5. The summed E-state index contributed by atoms with van der Waals surface area (Å²) in [7, 11) is 0. The first-order valence-electron chi connectivity index (χ1n) is 5.42. The van der Waals surface area contributed by atoms with Gasteiger partial charge < -0.3 is 5.11 Å². The number of aromatic hydroxyl groups is 1. The molecule has 0 saturated carbocycles. The third-order valence-corrected chi connectivity index (χ3v) is 3.09. The van der Waals surface area contributed by atoms with Crippen molar-refractivity contribution in [3.8, 4) is 5.75 Å². The van der Waals surface area contributed by atoms with E-state index < -0.39 is 11.8 Å². The Kier molecular flexibility index (Phi) is 3.04. The highest BCUT2D eigenvalue weighted by molar-refractivity contribution is 6.38. The molecular formula is C12H12ClNO4. The molecule has 0 spiro atoms. The molecule has 0 bridgehead atoms. The van der Waals surface area contributed by atoms with Gasteiger partial charge >= 0.3 is 0 Å². The van der Waals surface area contributed by atoms with Crippen molar-refractivity contribution in [2.75, 3.05) is 0 Å². The van der Waals surface area contributed by atoms with E-state index in [4.69, 9.17) is 16.4 Å². The van der Waals surface area contributed by atoms with Gasteiger partial charge in [0.1, 0.15) is 5.75 Å². The second-order valence-electron chi connectivity index (χ2n) is 4.32. The number of carbonyl (C=O) groups is 2. The van der Waals surface area contributed by atoms with Gasteiger partial charge in [-0.25, -0.2) is 0 Å². The molecule has 1 aliphatic rings. The summed E-state index contributed by atoms with van der Waals surface area (Å²) in [6.07, 6.45) is -0.319. The number of hydrogen-bond donors (Lipinski definition) is 1. The van der Waals surface area contributed by atoms with Gasteiger partial charge in [0.15, 0.2) is 0 Å². The van der Waals surface area contributed by atoms with Gasteiger partial charge in [-0.1, -0.05) is 11.6 Å². The van der Waals surface area contributed by atoms with Crippen LogP contribution in [0.5, 0.6) is 5.75 Å². The molecule has 0 radical (unpaired) electrons. The Bertz CT molecular complexity index is 553. The molecule has 0 aromatic heterocycles. The fourth-order valence-corrected chi connectivity index (χ4v) is 2.00. The Morgan fingerprint density at radius 3 is 2.50 bits per heavy atom. The molecule has 0 atom stereocenters. The molecule has 1 heterocycles. The number of rotatable bonds is 2. The average molecular weight is 270 g/mol. The zero-order valence-electron chi connectivity index (χ0n) is 10.2. The molecule has 2 amide bonds. The maximum absolute atomic E-state index is 12.0. The second-order valence-corrected chi connectivity index (χ2v) is 4.69. The fourth-order valence-electron chi connectivity index (χ4n) is 1.72. The third-order valence-electron chi connectivity index (χ3n) is 2.61. The van der Waals surface area contributed by atoms with Crippen LogP contribution in [0.25, 0.3) is 0 Å². The summed E-state index contributed by atoms with van der Waals surface area (Å²) in [5, 5.41) is 10.4. The van der Waals surface area contributed by atoms with Crippen molar-refractivity contribution >= 4 is 23.4 Å². The number of halogens is 1. The lowest BCUT2D eigenvalue weighted by molar-refractivity contribution is -0.120. The van der Waals surface area contributed by atoms with Crippen LogP contribution in [0, 0.1) is 6.92 Å². The van der Waals surface area contributed by atoms with Gasteiger partial charge in [0, 0.05) is 5.56 Å². The number of fused-ring (bicyclic) bond motifs is 1. The number of amides is 2. The molecule has 96 valence electrons. The number of nitrogens with zero attached hydrogens (tertiary/aromatic N) is 1. The van der Waals surface area contributed by atoms with Gasteiger partial charge in [0.05, 0.1) is 22.3 Å². The number of hydrogen-bond acceptors (Lipinski definition) is 4. The van der Waals surface area contributed by atoms with E-state index in [0.717, 1.165) is 0 Å². The number of phenolic OH excluding ortho intramolecular Hbond substituents is 1. The number of benzene rings is 1. The molecule has 5 nitrogen and oxygen atoms in total. The van der Waals surface area contributed by atoms with Crippen LogP contribution in [-0.4, -0.2) is 28.1 Å². The largest absolute Gasteiger partial charge is 0.508 e. The van der Waals surface area contributed by atoms with E-state index in [1.165, 1.54) is 6.07 Å². The van der Waals surface area contributed by atoms with Crippen LogP contribution in [0.3, 0.4) is 0 Å². The van der Waals surface area contributed by atoms with Crippen molar-refractivity contribution < 1.29 is 19.5 Å². The summed E-state index contributed by atoms with van der Waals surface area (Å²) >= 11 is 5.99. The van der Waals surface area contributed by atoms with E-state index in [1.807, 2.05) is 0 Å². The number of hydroxylamine groups is 2. The van der Waals surface area contributed by atoms with E-state index in [-0.39, 0.29) is 28.0 Å². The fraction of sp³-hybridized carbons (Fsp3) is 0.333. The van der Waals surface area contributed by atoms with Crippen molar-refractivity contribution in [3.05, 3.63) is 27.8 Å². The molecule has 2 rings (SSSR count). The van der Waals surface area contributed by atoms with Gasteiger partial charge in [-0.05, 0) is 26.8 Å². The van der Waals surface area contributed by atoms with Crippen LogP contribution >= 0.6 is 11.6 Å². The summed E-state index contributed by atoms with van der Waals surface area (Å²) in [5.74, 6) is -1.33. The smallest absolute Gasteiger partial charge is 0.287 e.